The molecule has 6 rings (SSSR count). The van der Waals surface area contributed by atoms with Crippen molar-refractivity contribution in [1.82, 2.24) is 29.9 Å². The molecule has 194 valence electrons. The molecule has 0 unspecified atom stereocenters. The summed E-state index contributed by atoms with van der Waals surface area (Å²) in [5, 5.41) is 42.3. The monoisotopic (exact) mass is 524 g/mol. The number of aromatic nitrogens is 6. The molecule has 13 heteroatoms. The Morgan fingerprint density at radius 2 is 1.95 bits per heavy atom. The van der Waals surface area contributed by atoms with Gasteiger partial charge in [-0.05, 0) is 31.4 Å². The zero-order valence-electron chi connectivity index (χ0n) is 19.9. The maximum Gasteiger partial charge on any atom is 0.264 e. The number of fused-ring (bicyclic) bond motifs is 1. The smallest absolute Gasteiger partial charge is 0.264 e. The molecule has 2 fully saturated rings. The van der Waals surface area contributed by atoms with Crippen LogP contribution in [0.4, 0.5) is 11.8 Å². The third kappa shape index (κ3) is 4.48. The lowest BCUT2D eigenvalue weighted by Crippen LogP contribution is -2.38. The van der Waals surface area contributed by atoms with Crippen molar-refractivity contribution >= 4 is 33.3 Å². The Labute approximate surface area is 215 Å². The summed E-state index contributed by atoms with van der Waals surface area (Å²) in [6, 6.07) is 7.30. The second-order valence-corrected chi connectivity index (χ2v) is 10.6. The lowest BCUT2D eigenvalue weighted by atomic mass is 10.1. The highest BCUT2D eigenvalue weighted by Gasteiger charge is 2.41. The maximum absolute atomic E-state index is 13.5. The molecule has 4 heterocycles. The number of aliphatic hydroxyl groups is 3. The summed E-state index contributed by atoms with van der Waals surface area (Å²) in [5.41, 5.74) is 0.733. The fraction of sp³-hybridized carbons (Fsp3) is 0.458. The van der Waals surface area contributed by atoms with Crippen molar-refractivity contribution in [2.75, 3.05) is 29.9 Å². The van der Waals surface area contributed by atoms with Gasteiger partial charge in [-0.1, -0.05) is 17.3 Å². The minimum Gasteiger partial charge on any atom is -0.396 e. The van der Waals surface area contributed by atoms with Crippen molar-refractivity contribution in [3.05, 3.63) is 47.0 Å². The van der Waals surface area contributed by atoms with E-state index in [1.54, 1.807) is 6.20 Å². The molecule has 5 N–H and O–H groups in total. The Morgan fingerprint density at radius 1 is 1.14 bits per heavy atom. The van der Waals surface area contributed by atoms with Gasteiger partial charge in [0.05, 0.1) is 34.6 Å². The summed E-state index contributed by atoms with van der Waals surface area (Å²) < 4.78 is 2.81. The largest absolute Gasteiger partial charge is 0.396 e. The Kier molecular flexibility index (Phi) is 6.36. The standard InChI is InChI=1S/C24H28N8O4S/c33-12-13-11-16(20(35)19(13)34)26-21-18(23-27-15-3-1-2-4-17(15)37-23)22(36)29-24(28-21)31-8-5-14(6-9-31)32-10-7-25-30-32/h1-4,7,10,13-14,16,19-20,33-35H,5-6,8-9,11-12H2,(H2,26,28,29,36)/t13-,16-,19-,20+/m1/s1. The van der Waals surface area contributed by atoms with Crippen LogP contribution in [0.2, 0.25) is 0 Å². The maximum atomic E-state index is 13.5. The lowest BCUT2D eigenvalue weighted by molar-refractivity contribution is 0.00446. The number of para-hydroxylation sites is 1. The van der Waals surface area contributed by atoms with Gasteiger partial charge in [0.15, 0.2) is 0 Å². The van der Waals surface area contributed by atoms with Crippen molar-refractivity contribution in [3.63, 3.8) is 0 Å². The van der Waals surface area contributed by atoms with Crippen LogP contribution in [0.25, 0.3) is 20.8 Å². The Balaban J connectivity index is 1.35. The van der Waals surface area contributed by atoms with E-state index in [9.17, 15) is 20.1 Å². The number of nitrogens with one attached hydrogen (secondary N) is 2. The van der Waals surface area contributed by atoms with Gasteiger partial charge in [-0.3, -0.25) is 9.78 Å². The molecule has 1 aliphatic carbocycles. The first kappa shape index (κ1) is 24.0. The second kappa shape index (κ2) is 9.82. The van der Waals surface area contributed by atoms with Gasteiger partial charge >= 0.3 is 0 Å². The lowest BCUT2D eigenvalue weighted by Gasteiger charge is -2.32. The molecule has 3 aromatic heterocycles. The molecule has 1 saturated heterocycles. The topological polar surface area (TPSA) is 165 Å². The van der Waals surface area contributed by atoms with Gasteiger partial charge in [0, 0.05) is 31.8 Å². The quantitative estimate of drug-likeness (QED) is 0.246. The third-order valence-electron chi connectivity index (χ3n) is 7.35. The van der Waals surface area contributed by atoms with Gasteiger partial charge in [0.1, 0.15) is 22.5 Å². The number of aliphatic hydroxyl groups excluding tert-OH is 3. The minimum absolute atomic E-state index is 0.232. The van der Waals surface area contributed by atoms with Gasteiger partial charge in [0.25, 0.3) is 5.56 Å². The predicted octanol–water partition coefficient (Wildman–Crippen LogP) is 0.994. The first-order valence-corrected chi connectivity index (χ1v) is 13.2. The Hall–Kier alpha value is -3.39. The molecular weight excluding hydrogens is 496 g/mol. The van der Waals surface area contributed by atoms with Crippen LogP contribution < -0.4 is 15.8 Å². The summed E-state index contributed by atoms with van der Waals surface area (Å²) in [6.45, 7) is 1.10. The van der Waals surface area contributed by atoms with Crippen molar-refractivity contribution in [2.24, 2.45) is 5.92 Å². The van der Waals surface area contributed by atoms with Crippen molar-refractivity contribution < 1.29 is 15.3 Å². The average molecular weight is 525 g/mol. The Morgan fingerprint density at radius 3 is 2.65 bits per heavy atom. The molecule has 4 aromatic rings. The number of thiazole rings is 1. The number of hydrogen-bond acceptors (Lipinski definition) is 11. The summed E-state index contributed by atoms with van der Waals surface area (Å²) in [5.74, 6) is 0.267. The van der Waals surface area contributed by atoms with Crippen LogP contribution in [0.5, 0.6) is 0 Å². The van der Waals surface area contributed by atoms with Crippen molar-refractivity contribution in [2.45, 2.75) is 43.6 Å². The fourth-order valence-corrected chi connectivity index (χ4v) is 6.28. The van der Waals surface area contributed by atoms with E-state index >= 15 is 0 Å². The van der Waals surface area contributed by atoms with E-state index in [0.29, 0.717) is 36.3 Å². The zero-order valence-corrected chi connectivity index (χ0v) is 20.8. The van der Waals surface area contributed by atoms with E-state index in [0.717, 1.165) is 23.1 Å². The number of hydrogen-bond donors (Lipinski definition) is 5. The molecular formula is C24H28N8O4S. The second-order valence-electron chi connectivity index (χ2n) is 9.61. The fourth-order valence-electron chi connectivity index (χ4n) is 5.27. The molecule has 4 atom stereocenters. The SMILES string of the molecule is O=c1[nH]c(N2CCC(n3ccnn3)CC2)nc(N[C@@H]2C[C@H](CO)[C@@H](O)[C@H]2O)c1-c1nc2ccccc2s1. The van der Waals surface area contributed by atoms with Gasteiger partial charge in [-0.2, -0.15) is 4.98 Å². The molecule has 0 radical (unpaired) electrons. The summed E-state index contributed by atoms with van der Waals surface area (Å²) in [7, 11) is 0. The van der Waals surface area contributed by atoms with E-state index < -0.39 is 24.2 Å². The number of rotatable bonds is 6. The van der Waals surface area contributed by atoms with E-state index in [4.69, 9.17) is 4.98 Å². The van der Waals surface area contributed by atoms with E-state index in [2.05, 4.69) is 25.6 Å². The Bertz CT molecular complexity index is 1400. The first-order valence-electron chi connectivity index (χ1n) is 12.4. The van der Waals surface area contributed by atoms with Gasteiger partial charge in [0.2, 0.25) is 5.95 Å². The molecule has 1 aliphatic heterocycles. The van der Waals surface area contributed by atoms with Crippen molar-refractivity contribution in [1.29, 1.82) is 0 Å². The normalized spacial score (nSPS) is 24.7. The minimum atomic E-state index is -1.11. The third-order valence-corrected chi connectivity index (χ3v) is 8.41. The van der Waals surface area contributed by atoms with Crippen LogP contribution in [0, 0.1) is 5.92 Å². The van der Waals surface area contributed by atoms with E-state index in [-0.39, 0.29) is 23.8 Å². The molecule has 1 aromatic carbocycles. The highest BCUT2D eigenvalue weighted by molar-refractivity contribution is 7.21. The van der Waals surface area contributed by atoms with Crippen LogP contribution in [0.15, 0.2) is 41.5 Å². The molecule has 2 aliphatic rings. The number of piperidine rings is 1. The van der Waals surface area contributed by atoms with Gasteiger partial charge < -0.3 is 25.5 Å². The van der Waals surface area contributed by atoms with Crippen LogP contribution in [0.1, 0.15) is 25.3 Å². The van der Waals surface area contributed by atoms with Crippen LogP contribution >= 0.6 is 11.3 Å². The predicted molar refractivity (Wildman–Crippen MR) is 139 cm³/mol. The zero-order chi connectivity index (χ0) is 25.5. The van der Waals surface area contributed by atoms with E-state index in [1.807, 2.05) is 40.0 Å². The van der Waals surface area contributed by atoms with Crippen LogP contribution in [-0.4, -0.2) is 83.2 Å². The molecule has 0 bridgehead atoms. The van der Waals surface area contributed by atoms with Crippen molar-refractivity contribution in [3.8, 4) is 10.6 Å². The number of anilines is 2. The summed E-state index contributed by atoms with van der Waals surface area (Å²) >= 11 is 1.39. The number of aromatic amines is 1. The van der Waals surface area contributed by atoms with Gasteiger partial charge in [-0.15, -0.1) is 16.4 Å². The highest BCUT2D eigenvalue weighted by Crippen LogP contribution is 2.35. The van der Waals surface area contributed by atoms with Crippen LogP contribution in [0.3, 0.4) is 0 Å². The summed E-state index contributed by atoms with van der Waals surface area (Å²) in [4.78, 5) is 27.9. The molecule has 1 saturated carbocycles. The van der Waals surface area contributed by atoms with E-state index in [1.165, 1.54) is 11.3 Å². The molecule has 0 amide bonds. The molecule has 37 heavy (non-hydrogen) atoms. The summed E-state index contributed by atoms with van der Waals surface area (Å²) in [6.07, 6.45) is 3.33. The number of nitrogens with zero attached hydrogens (tertiary/aromatic N) is 6. The number of benzene rings is 1. The molecule has 12 nitrogen and oxygen atoms in total. The molecule has 0 spiro atoms. The highest BCUT2D eigenvalue weighted by atomic mass is 32.1. The first-order chi connectivity index (χ1) is 18.0. The number of H-pyrrole nitrogens is 1. The average Bonchev–Trinajstić information content (AvgIpc) is 3.65. The van der Waals surface area contributed by atoms with Gasteiger partial charge in [-0.25, -0.2) is 9.67 Å². The van der Waals surface area contributed by atoms with Crippen LogP contribution in [-0.2, 0) is 0 Å².